The Morgan fingerprint density at radius 2 is 2.20 bits per heavy atom. The van der Waals surface area contributed by atoms with Crippen LogP contribution in [0.5, 0.6) is 0 Å². The van der Waals surface area contributed by atoms with E-state index in [1.165, 1.54) is 0 Å². The maximum atomic E-state index is 10.9. The van der Waals surface area contributed by atoms with Crippen molar-refractivity contribution < 1.29 is 4.79 Å². The van der Waals surface area contributed by atoms with Gasteiger partial charge < -0.3 is 5.32 Å². The van der Waals surface area contributed by atoms with Crippen LogP contribution >= 0.6 is 0 Å². The van der Waals surface area contributed by atoms with Crippen molar-refractivity contribution in [3.8, 4) is 12.3 Å². The summed E-state index contributed by atoms with van der Waals surface area (Å²) in [6, 6.07) is 9.49. The highest BCUT2D eigenvalue weighted by Gasteiger charge is 1.99. The molecule has 1 heterocycles. The highest BCUT2D eigenvalue weighted by Crippen LogP contribution is 2.15. The molecule has 3 heteroatoms. The molecular formula is C12H8N2O. The van der Waals surface area contributed by atoms with E-state index in [0.717, 1.165) is 10.9 Å². The lowest BCUT2D eigenvalue weighted by molar-refractivity contribution is -0.111. The van der Waals surface area contributed by atoms with E-state index in [2.05, 4.69) is 10.3 Å². The molecule has 0 bridgehead atoms. The zero-order chi connectivity index (χ0) is 10.7. The van der Waals surface area contributed by atoms with Crippen LogP contribution in [0.25, 0.3) is 10.9 Å². The molecule has 0 atom stereocenters. The molecule has 1 aromatic carbocycles. The van der Waals surface area contributed by atoms with Crippen molar-refractivity contribution in [3.63, 3.8) is 0 Å². The number of carbonyl (C=O) groups is 1. The Morgan fingerprint density at radius 1 is 1.40 bits per heavy atom. The molecule has 0 aliphatic rings. The van der Waals surface area contributed by atoms with E-state index in [-0.39, 0.29) is 0 Å². The number of nitrogens with one attached hydrogen (secondary N) is 1. The second-order valence-electron chi connectivity index (χ2n) is 3.02. The summed E-state index contributed by atoms with van der Waals surface area (Å²) in [6.45, 7) is 0. The Morgan fingerprint density at radius 3 is 3.00 bits per heavy atom. The van der Waals surface area contributed by atoms with Crippen molar-refractivity contribution in [2.75, 3.05) is 5.32 Å². The van der Waals surface area contributed by atoms with E-state index in [1.807, 2.05) is 36.3 Å². The van der Waals surface area contributed by atoms with Crippen LogP contribution in [0.2, 0.25) is 0 Å². The number of anilines is 1. The molecule has 0 unspecified atom stereocenters. The van der Waals surface area contributed by atoms with Crippen molar-refractivity contribution in [1.82, 2.24) is 4.98 Å². The first kappa shape index (κ1) is 9.22. The third kappa shape index (κ3) is 1.94. The van der Waals surface area contributed by atoms with Gasteiger partial charge in [0.2, 0.25) is 0 Å². The monoisotopic (exact) mass is 196 g/mol. The van der Waals surface area contributed by atoms with E-state index in [1.54, 1.807) is 6.20 Å². The first-order chi connectivity index (χ1) is 7.29. The molecule has 1 N–H and O–H groups in total. The van der Waals surface area contributed by atoms with E-state index in [4.69, 9.17) is 6.42 Å². The van der Waals surface area contributed by atoms with E-state index < -0.39 is 5.91 Å². The number of terminal acetylenes is 1. The fourth-order valence-electron chi connectivity index (χ4n) is 1.31. The predicted octanol–water partition coefficient (Wildman–Crippen LogP) is 1.81. The minimum Gasteiger partial charge on any atom is -0.314 e. The van der Waals surface area contributed by atoms with Crippen LogP contribution in [0.15, 0.2) is 36.5 Å². The number of benzene rings is 1. The molecular weight excluding hydrogens is 188 g/mol. The minimum atomic E-state index is -0.466. The highest BCUT2D eigenvalue weighted by molar-refractivity contribution is 6.04. The van der Waals surface area contributed by atoms with Gasteiger partial charge in [-0.15, -0.1) is 6.42 Å². The number of rotatable bonds is 1. The van der Waals surface area contributed by atoms with Crippen LogP contribution in [0.4, 0.5) is 5.69 Å². The summed E-state index contributed by atoms with van der Waals surface area (Å²) in [4.78, 5) is 15.1. The Hall–Kier alpha value is -2.34. The van der Waals surface area contributed by atoms with Crippen molar-refractivity contribution in [1.29, 1.82) is 0 Å². The number of hydrogen-bond donors (Lipinski definition) is 1. The van der Waals surface area contributed by atoms with Gasteiger partial charge in [-0.2, -0.15) is 0 Å². The Balaban J connectivity index is 2.39. The molecule has 2 rings (SSSR count). The minimum absolute atomic E-state index is 0.466. The SMILES string of the molecule is C#CC(=O)Nc1cnc2ccccc2c1. The molecule has 1 amide bonds. The average Bonchev–Trinajstić information content (AvgIpc) is 2.29. The fraction of sp³-hybridized carbons (Fsp3) is 0. The third-order valence-corrected chi connectivity index (χ3v) is 1.98. The van der Waals surface area contributed by atoms with Crippen molar-refractivity contribution in [2.45, 2.75) is 0 Å². The first-order valence-electron chi connectivity index (χ1n) is 4.42. The number of carbonyl (C=O) groups excluding carboxylic acids is 1. The van der Waals surface area contributed by atoms with Crippen LogP contribution in [0.1, 0.15) is 0 Å². The molecule has 0 fully saturated rings. The number of para-hydroxylation sites is 1. The zero-order valence-corrected chi connectivity index (χ0v) is 7.90. The third-order valence-electron chi connectivity index (χ3n) is 1.98. The quantitative estimate of drug-likeness (QED) is 0.707. The number of hydrogen-bond acceptors (Lipinski definition) is 2. The molecule has 0 aliphatic heterocycles. The second kappa shape index (κ2) is 3.81. The number of pyridine rings is 1. The molecule has 3 nitrogen and oxygen atoms in total. The lowest BCUT2D eigenvalue weighted by Gasteiger charge is -2.02. The molecule has 0 saturated heterocycles. The Labute approximate surface area is 87.1 Å². The van der Waals surface area contributed by atoms with E-state index in [9.17, 15) is 4.79 Å². The summed E-state index contributed by atoms with van der Waals surface area (Å²) in [6.07, 6.45) is 6.53. The smallest absolute Gasteiger partial charge is 0.300 e. The summed E-state index contributed by atoms with van der Waals surface area (Å²) < 4.78 is 0. The molecule has 15 heavy (non-hydrogen) atoms. The summed E-state index contributed by atoms with van der Waals surface area (Å²) >= 11 is 0. The normalized spacial score (nSPS) is 9.53. The standard InChI is InChI=1S/C12H8N2O/c1-2-12(15)14-10-7-9-5-3-4-6-11(9)13-8-10/h1,3-8H,(H,14,15). The maximum Gasteiger partial charge on any atom is 0.300 e. The summed E-state index contributed by atoms with van der Waals surface area (Å²) in [5.41, 5.74) is 1.49. The van der Waals surface area contributed by atoms with Gasteiger partial charge in [0.05, 0.1) is 17.4 Å². The number of aromatic nitrogens is 1. The van der Waals surface area contributed by atoms with Gasteiger partial charge in [0.15, 0.2) is 0 Å². The van der Waals surface area contributed by atoms with Gasteiger partial charge in [0.25, 0.3) is 5.91 Å². The van der Waals surface area contributed by atoms with Crippen LogP contribution < -0.4 is 5.32 Å². The van der Waals surface area contributed by atoms with E-state index in [0.29, 0.717) is 5.69 Å². The molecule has 0 spiro atoms. The fourth-order valence-corrected chi connectivity index (χ4v) is 1.31. The lowest BCUT2D eigenvalue weighted by Crippen LogP contribution is -2.08. The first-order valence-corrected chi connectivity index (χ1v) is 4.42. The Bertz CT molecular complexity index is 555. The molecule has 2 aromatic rings. The van der Waals surface area contributed by atoms with Crippen LogP contribution in [-0.2, 0) is 4.79 Å². The predicted molar refractivity (Wildman–Crippen MR) is 59.2 cm³/mol. The van der Waals surface area contributed by atoms with Crippen LogP contribution in [-0.4, -0.2) is 10.9 Å². The average molecular weight is 196 g/mol. The second-order valence-corrected chi connectivity index (χ2v) is 3.02. The van der Waals surface area contributed by atoms with Gasteiger partial charge in [-0.25, -0.2) is 0 Å². The van der Waals surface area contributed by atoms with E-state index >= 15 is 0 Å². The molecule has 1 aromatic heterocycles. The van der Waals surface area contributed by atoms with Crippen molar-refractivity contribution >= 4 is 22.5 Å². The van der Waals surface area contributed by atoms with Crippen molar-refractivity contribution in [3.05, 3.63) is 36.5 Å². The van der Waals surface area contributed by atoms with Gasteiger partial charge in [0.1, 0.15) is 0 Å². The molecule has 0 aliphatic carbocycles. The summed E-state index contributed by atoms with van der Waals surface area (Å²) in [5, 5.41) is 3.51. The van der Waals surface area contributed by atoms with Crippen molar-refractivity contribution in [2.24, 2.45) is 0 Å². The molecule has 0 radical (unpaired) electrons. The van der Waals surface area contributed by atoms with Gasteiger partial charge in [-0.1, -0.05) is 18.2 Å². The van der Waals surface area contributed by atoms with Crippen LogP contribution in [0, 0.1) is 12.3 Å². The largest absolute Gasteiger partial charge is 0.314 e. The van der Waals surface area contributed by atoms with Crippen LogP contribution in [0.3, 0.4) is 0 Å². The summed E-state index contributed by atoms with van der Waals surface area (Å²) in [5.74, 6) is 1.52. The zero-order valence-electron chi connectivity index (χ0n) is 7.90. The maximum absolute atomic E-state index is 10.9. The van der Waals surface area contributed by atoms with Gasteiger partial charge in [0, 0.05) is 5.39 Å². The molecule has 0 saturated carbocycles. The number of nitrogens with zero attached hydrogens (tertiary/aromatic N) is 1. The lowest BCUT2D eigenvalue weighted by atomic mass is 10.2. The number of fused-ring (bicyclic) bond motifs is 1. The summed E-state index contributed by atoms with van der Waals surface area (Å²) in [7, 11) is 0. The van der Waals surface area contributed by atoms with Gasteiger partial charge in [-0.3, -0.25) is 9.78 Å². The Kier molecular flexibility index (Phi) is 2.34. The molecule has 72 valence electrons. The van der Waals surface area contributed by atoms with Gasteiger partial charge >= 0.3 is 0 Å². The highest BCUT2D eigenvalue weighted by atomic mass is 16.1. The van der Waals surface area contributed by atoms with Gasteiger partial charge in [-0.05, 0) is 18.1 Å². The number of amides is 1. The topological polar surface area (TPSA) is 42.0 Å².